The Morgan fingerprint density at radius 3 is 2.06 bits per heavy atom. The summed E-state index contributed by atoms with van der Waals surface area (Å²) < 4.78 is 39.2. The molecular formula is C38H55N6O8P. The zero-order chi connectivity index (χ0) is 38.9. The zero-order valence-electron chi connectivity index (χ0n) is 32.6. The van der Waals surface area contributed by atoms with Crippen LogP contribution in [0, 0.1) is 31.6 Å². The monoisotopic (exact) mass is 754 g/mol. The molecule has 2 amide bonds. The van der Waals surface area contributed by atoms with Crippen molar-refractivity contribution in [3.05, 3.63) is 53.6 Å². The fourth-order valence-electron chi connectivity index (χ4n) is 6.65. The fraction of sp³-hybridized carbons (Fsp3) is 0.605. The molecule has 2 aliphatic rings. The molecule has 2 saturated carbocycles. The molecular weight excluding hydrogens is 699 g/mol. The van der Waals surface area contributed by atoms with Crippen LogP contribution < -0.4 is 10.6 Å². The van der Waals surface area contributed by atoms with Gasteiger partial charge >= 0.3 is 13.8 Å². The number of phosphoric ester groups is 1. The van der Waals surface area contributed by atoms with Gasteiger partial charge in [-0.3, -0.25) is 32.6 Å². The van der Waals surface area contributed by atoms with Crippen LogP contribution in [0.5, 0.6) is 0 Å². The molecule has 2 atom stereocenters. The highest BCUT2D eigenvalue weighted by Gasteiger charge is 2.48. The highest BCUT2D eigenvalue weighted by atomic mass is 31.2. The Kier molecular flexibility index (Phi) is 12.1. The van der Waals surface area contributed by atoms with Gasteiger partial charge in [0.15, 0.2) is 6.73 Å². The van der Waals surface area contributed by atoms with Gasteiger partial charge in [-0.15, -0.1) is 0 Å². The average molecular weight is 755 g/mol. The quantitative estimate of drug-likeness (QED) is 0.111. The first-order valence-electron chi connectivity index (χ1n) is 18.3. The molecule has 3 aromatic rings. The molecule has 2 aliphatic carbocycles. The number of rotatable bonds is 16. The summed E-state index contributed by atoms with van der Waals surface area (Å²) >= 11 is 0. The number of ether oxygens (including phenoxy) is 1. The summed E-state index contributed by atoms with van der Waals surface area (Å²) in [5.74, 6) is -0.292. The van der Waals surface area contributed by atoms with E-state index in [0.29, 0.717) is 23.2 Å². The molecule has 2 N–H and O–H groups in total. The van der Waals surface area contributed by atoms with E-state index >= 15 is 0 Å². The van der Waals surface area contributed by atoms with Crippen LogP contribution in [0.1, 0.15) is 109 Å². The van der Waals surface area contributed by atoms with E-state index < -0.39 is 36.9 Å². The lowest BCUT2D eigenvalue weighted by Crippen LogP contribution is -2.50. The maximum absolute atomic E-state index is 14.0. The molecule has 2 aromatic heterocycles. The van der Waals surface area contributed by atoms with Gasteiger partial charge < -0.3 is 15.4 Å². The SMILES string of the molecule is CC(=O)OCC(C)n1nccc1C(=O)NC(C(=O)Nc1ccc(-c2c(C)nn(COP(=O)(OC(C)(C)C)OC(C)(C)C)c2C)cc1)C(C1CC1)C1CC1. The minimum Gasteiger partial charge on any atom is -0.464 e. The number of amides is 2. The summed E-state index contributed by atoms with van der Waals surface area (Å²) in [5.41, 5.74) is 2.63. The van der Waals surface area contributed by atoms with E-state index in [1.807, 2.05) is 45.0 Å². The van der Waals surface area contributed by atoms with Gasteiger partial charge in [0.2, 0.25) is 5.91 Å². The van der Waals surface area contributed by atoms with Crippen molar-refractivity contribution < 1.29 is 37.3 Å². The third kappa shape index (κ3) is 10.9. The van der Waals surface area contributed by atoms with Gasteiger partial charge in [0, 0.05) is 30.1 Å². The third-order valence-corrected chi connectivity index (χ3v) is 11.0. The summed E-state index contributed by atoms with van der Waals surface area (Å²) in [6.45, 7) is 17.6. The molecule has 0 aliphatic heterocycles. The van der Waals surface area contributed by atoms with Crippen molar-refractivity contribution in [2.24, 2.45) is 17.8 Å². The Morgan fingerprint density at radius 1 is 0.943 bits per heavy atom. The second kappa shape index (κ2) is 15.9. The Balaban J connectivity index is 1.30. The maximum atomic E-state index is 14.0. The van der Waals surface area contributed by atoms with Crippen LogP contribution in [0.3, 0.4) is 0 Å². The number of hydrogen-bond donors (Lipinski definition) is 2. The van der Waals surface area contributed by atoms with Gasteiger partial charge in [-0.2, -0.15) is 10.2 Å². The predicted octanol–water partition coefficient (Wildman–Crippen LogP) is 7.37. The van der Waals surface area contributed by atoms with E-state index in [-0.39, 0.29) is 31.2 Å². The smallest absolute Gasteiger partial charge is 0.464 e. The van der Waals surface area contributed by atoms with Crippen LogP contribution in [0.15, 0.2) is 36.5 Å². The number of esters is 1. The minimum atomic E-state index is -3.95. The molecule has 0 saturated heterocycles. The lowest BCUT2D eigenvalue weighted by Gasteiger charge is -2.30. The van der Waals surface area contributed by atoms with E-state index in [2.05, 4.69) is 20.8 Å². The molecule has 2 fully saturated rings. The van der Waals surface area contributed by atoms with Crippen molar-refractivity contribution in [1.82, 2.24) is 24.9 Å². The van der Waals surface area contributed by atoms with Gasteiger partial charge in [-0.1, -0.05) is 12.1 Å². The molecule has 1 aromatic carbocycles. The molecule has 0 spiro atoms. The third-order valence-electron chi connectivity index (χ3n) is 9.07. The molecule has 290 valence electrons. The van der Waals surface area contributed by atoms with Crippen LogP contribution >= 0.6 is 7.82 Å². The standard InChI is InChI=1S/C38H55N6O8P/c1-23(21-49-26(4)45)44-31(19-20-39-44)35(46)41-34(33(28-11-12-28)29-13-14-29)36(47)40-30-17-15-27(16-18-30)32-24(2)42-43(25(32)3)22-50-53(48,51-37(5,6)7)52-38(8,9)10/h15-20,23,28-29,33-34H,11-14,21-22H2,1-10H3,(H,40,47)(H,41,46). The topological polar surface area (TPSA) is 165 Å². The Hall–Kier alpha value is -3.84. The van der Waals surface area contributed by atoms with Crippen LogP contribution in [-0.2, 0) is 39.2 Å². The number of nitrogens with one attached hydrogen (secondary N) is 2. The molecule has 14 nitrogen and oxygen atoms in total. The summed E-state index contributed by atoms with van der Waals surface area (Å²) in [6.07, 6.45) is 5.67. The van der Waals surface area contributed by atoms with Gasteiger partial charge in [-0.05, 0) is 130 Å². The van der Waals surface area contributed by atoms with E-state index in [9.17, 15) is 18.9 Å². The second-order valence-electron chi connectivity index (χ2n) is 16.2. The van der Waals surface area contributed by atoms with Crippen LogP contribution in [-0.4, -0.2) is 61.2 Å². The van der Waals surface area contributed by atoms with Gasteiger partial charge in [0.1, 0.15) is 18.3 Å². The second-order valence-corrected chi connectivity index (χ2v) is 17.8. The van der Waals surface area contributed by atoms with Gasteiger partial charge in [0.05, 0.1) is 22.9 Å². The minimum absolute atomic E-state index is 0.0318. The van der Waals surface area contributed by atoms with E-state index in [0.717, 1.165) is 48.2 Å². The zero-order valence-corrected chi connectivity index (χ0v) is 33.5. The van der Waals surface area contributed by atoms with Crippen LogP contribution in [0.25, 0.3) is 11.1 Å². The number of carbonyl (C=O) groups is 3. The van der Waals surface area contributed by atoms with Gasteiger partial charge in [0.25, 0.3) is 5.91 Å². The van der Waals surface area contributed by atoms with E-state index in [1.54, 1.807) is 52.3 Å². The van der Waals surface area contributed by atoms with E-state index in [1.165, 1.54) is 17.8 Å². The van der Waals surface area contributed by atoms with Gasteiger partial charge in [-0.25, -0.2) is 9.25 Å². The Bertz CT molecular complexity index is 1800. The highest BCUT2D eigenvalue weighted by Crippen LogP contribution is 2.56. The summed E-state index contributed by atoms with van der Waals surface area (Å²) in [7, 11) is -3.95. The van der Waals surface area contributed by atoms with Crippen LogP contribution in [0.2, 0.25) is 0 Å². The summed E-state index contributed by atoms with van der Waals surface area (Å²) in [5, 5.41) is 15.1. The fourth-order valence-corrected chi connectivity index (χ4v) is 8.38. The summed E-state index contributed by atoms with van der Waals surface area (Å²) in [6, 6.07) is 7.97. The number of aryl methyl sites for hydroxylation is 1. The lowest BCUT2D eigenvalue weighted by molar-refractivity contribution is -0.142. The number of nitrogens with zero attached hydrogens (tertiary/aromatic N) is 4. The number of benzene rings is 1. The molecule has 2 unspecified atom stereocenters. The van der Waals surface area contributed by atoms with Crippen molar-refractivity contribution in [2.45, 2.75) is 125 Å². The molecule has 0 bridgehead atoms. The Morgan fingerprint density at radius 2 is 1.53 bits per heavy atom. The van der Waals surface area contributed by atoms with Crippen molar-refractivity contribution in [1.29, 1.82) is 0 Å². The predicted molar refractivity (Wildman–Crippen MR) is 200 cm³/mol. The first kappa shape index (κ1) is 40.3. The molecule has 0 radical (unpaired) electrons. The first-order chi connectivity index (χ1) is 24.7. The molecule has 15 heteroatoms. The highest BCUT2D eigenvalue weighted by molar-refractivity contribution is 7.48. The average Bonchev–Trinajstić information content (AvgIpc) is 3.98. The number of phosphoric acid groups is 1. The molecule has 53 heavy (non-hydrogen) atoms. The van der Waals surface area contributed by atoms with Crippen molar-refractivity contribution in [2.75, 3.05) is 11.9 Å². The molecule has 2 heterocycles. The van der Waals surface area contributed by atoms with Crippen LogP contribution in [0.4, 0.5) is 5.69 Å². The Labute approximate surface area is 312 Å². The van der Waals surface area contributed by atoms with Crippen molar-refractivity contribution in [3.63, 3.8) is 0 Å². The first-order valence-corrected chi connectivity index (χ1v) is 19.8. The number of aromatic nitrogens is 4. The summed E-state index contributed by atoms with van der Waals surface area (Å²) in [4.78, 5) is 39.1. The number of anilines is 1. The number of hydrogen-bond acceptors (Lipinski definition) is 10. The molecule has 5 rings (SSSR count). The number of carbonyl (C=O) groups excluding carboxylic acids is 3. The normalized spacial score (nSPS) is 16.4. The largest absolute Gasteiger partial charge is 0.477 e. The van der Waals surface area contributed by atoms with E-state index in [4.69, 9.17) is 18.3 Å². The van der Waals surface area contributed by atoms with Crippen molar-refractivity contribution in [3.8, 4) is 11.1 Å². The lowest BCUT2D eigenvalue weighted by atomic mass is 9.88. The van der Waals surface area contributed by atoms with Crippen molar-refractivity contribution >= 4 is 31.3 Å². The maximum Gasteiger partial charge on any atom is 0.477 e.